The molecule has 0 aliphatic carbocycles. The van der Waals surface area contributed by atoms with Crippen LogP contribution in [0.25, 0.3) is 0 Å². The molecule has 0 atom stereocenters. The predicted octanol–water partition coefficient (Wildman–Crippen LogP) is 3.17. The van der Waals surface area contributed by atoms with E-state index in [0.717, 1.165) is 31.9 Å². The third-order valence-electron chi connectivity index (χ3n) is 3.78. The zero-order chi connectivity index (χ0) is 16.3. The molecule has 122 valence electrons. The van der Waals surface area contributed by atoms with Crippen molar-refractivity contribution >= 4 is 11.6 Å². The topological polar surface area (TPSA) is 32.8 Å². The zero-order valence-corrected chi connectivity index (χ0v) is 14.4. The van der Waals surface area contributed by atoms with Crippen LogP contribution in [0, 0.1) is 5.41 Å². The SMILES string of the molecule is CC(C)Oc1ccc(N2CCN(C(=O)C(C)(C)C)CC2)cc1. The van der Waals surface area contributed by atoms with Crippen LogP contribution < -0.4 is 9.64 Å². The Hall–Kier alpha value is -1.71. The van der Waals surface area contributed by atoms with Crippen molar-refractivity contribution in [1.82, 2.24) is 4.90 Å². The fourth-order valence-electron chi connectivity index (χ4n) is 2.65. The summed E-state index contributed by atoms with van der Waals surface area (Å²) in [7, 11) is 0. The maximum atomic E-state index is 12.3. The summed E-state index contributed by atoms with van der Waals surface area (Å²) in [4.78, 5) is 16.6. The third kappa shape index (κ3) is 4.15. The first-order valence-electron chi connectivity index (χ1n) is 8.08. The Labute approximate surface area is 134 Å². The van der Waals surface area contributed by atoms with Crippen molar-refractivity contribution in [2.24, 2.45) is 5.41 Å². The molecule has 1 saturated heterocycles. The molecule has 22 heavy (non-hydrogen) atoms. The second kappa shape index (κ2) is 6.59. The lowest BCUT2D eigenvalue weighted by molar-refractivity contribution is -0.139. The summed E-state index contributed by atoms with van der Waals surface area (Å²) in [5.41, 5.74) is 0.900. The van der Waals surface area contributed by atoms with Crippen LogP contribution in [0.4, 0.5) is 5.69 Å². The van der Waals surface area contributed by atoms with Gasteiger partial charge >= 0.3 is 0 Å². The number of amides is 1. The zero-order valence-electron chi connectivity index (χ0n) is 14.4. The summed E-state index contributed by atoms with van der Waals surface area (Å²) in [5.74, 6) is 1.15. The van der Waals surface area contributed by atoms with Gasteiger partial charge in [-0.3, -0.25) is 4.79 Å². The molecule has 0 unspecified atom stereocenters. The number of ether oxygens (including phenoxy) is 1. The van der Waals surface area contributed by atoms with E-state index in [1.807, 2.05) is 51.7 Å². The maximum absolute atomic E-state index is 12.3. The number of benzene rings is 1. The average molecular weight is 304 g/mol. The van der Waals surface area contributed by atoms with E-state index in [2.05, 4.69) is 17.0 Å². The minimum atomic E-state index is -0.294. The summed E-state index contributed by atoms with van der Waals surface area (Å²) < 4.78 is 5.67. The number of carbonyl (C=O) groups is 1. The van der Waals surface area contributed by atoms with Crippen molar-refractivity contribution in [3.8, 4) is 5.75 Å². The van der Waals surface area contributed by atoms with Crippen LogP contribution in [0.3, 0.4) is 0 Å². The number of hydrogen-bond donors (Lipinski definition) is 0. The molecule has 1 fully saturated rings. The van der Waals surface area contributed by atoms with Gasteiger partial charge in [-0.05, 0) is 38.1 Å². The average Bonchev–Trinajstić information content (AvgIpc) is 2.46. The van der Waals surface area contributed by atoms with E-state index in [4.69, 9.17) is 4.74 Å². The predicted molar refractivity (Wildman–Crippen MR) is 90.5 cm³/mol. The summed E-state index contributed by atoms with van der Waals surface area (Å²) >= 11 is 0. The van der Waals surface area contributed by atoms with E-state index < -0.39 is 0 Å². The van der Waals surface area contributed by atoms with E-state index in [9.17, 15) is 4.79 Å². The van der Waals surface area contributed by atoms with Crippen molar-refractivity contribution in [3.05, 3.63) is 24.3 Å². The second-order valence-electron chi connectivity index (χ2n) is 7.19. The molecule has 4 nitrogen and oxygen atoms in total. The van der Waals surface area contributed by atoms with Gasteiger partial charge in [0.05, 0.1) is 6.10 Å². The minimum Gasteiger partial charge on any atom is -0.491 e. The second-order valence-corrected chi connectivity index (χ2v) is 7.19. The number of rotatable bonds is 3. The van der Waals surface area contributed by atoms with Gasteiger partial charge < -0.3 is 14.5 Å². The highest BCUT2D eigenvalue weighted by atomic mass is 16.5. The molecule has 0 radical (unpaired) electrons. The minimum absolute atomic E-state index is 0.192. The number of anilines is 1. The molecule has 0 bridgehead atoms. The van der Waals surface area contributed by atoms with Crippen molar-refractivity contribution < 1.29 is 9.53 Å². The van der Waals surface area contributed by atoms with Crippen molar-refractivity contribution in [2.75, 3.05) is 31.1 Å². The first-order valence-corrected chi connectivity index (χ1v) is 8.08. The number of carbonyl (C=O) groups excluding carboxylic acids is 1. The van der Waals surface area contributed by atoms with Gasteiger partial charge in [0, 0.05) is 37.3 Å². The van der Waals surface area contributed by atoms with Crippen LogP contribution in [-0.2, 0) is 4.79 Å². The van der Waals surface area contributed by atoms with Crippen molar-refractivity contribution in [2.45, 2.75) is 40.7 Å². The highest BCUT2D eigenvalue weighted by Crippen LogP contribution is 2.23. The Morgan fingerprint density at radius 3 is 2.05 bits per heavy atom. The summed E-state index contributed by atoms with van der Waals surface area (Å²) in [6.45, 7) is 13.3. The van der Waals surface area contributed by atoms with Crippen molar-refractivity contribution in [3.63, 3.8) is 0 Å². The maximum Gasteiger partial charge on any atom is 0.228 e. The summed E-state index contributed by atoms with van der Waals surface area (Å²) in [5, 5.41) is 0. The molecule has 0 saturated carbocycles. The highest BCUT2D eigenvalue weighted by molar-refractivity contribution is 5.81. The van der Waals surface area contributed by atoms with E-state index in [1.54, 1.807) is 0 Å². The number of nitrogens with zero attached hydrogens (tertiary/aromatic N) is 2. The standard InChI is InChI=1S/C18H28N2O2/c1-14(2)22-16-8-6-15(7-9-16)19-10-12-20(13-11-19)17(21)18(3,4)5/h6-9,14H,10-13H2,1-5H3. The first kappa shape index (κ1) is 16.7. The molecule has 1 amide bonds. The fourth-order valence-corrected chi connectivity index (χ4v) is 2.65. The lowest BCUT2D eigenvalue weighted by Crippen LogP contribution is -2.51. The van der Waals surface area contributed by atoms with Gasteiger partial charge in [0.1, 0.15) is 5.75 Å². The van der Waals surface area contributed by atoms with Gasteiger partial charge in [-0.15, -0.1) is 0 Å². The van der Waals surface area contributed by atoms with E-state index in [1.165, 1.54) is 5.69 Å². The summed E-state index contributed by atoms with van der Waals surface area (Å²) in [6, 6.07) is 8.22. The Kier molecular flexibility index (Phi) is 4.99. The van der Waals surface area contributed by atoms with E-state index in [0.29, 0.717) is 0 Å². The molecule has 2 rings (SSSR count). The highest BCUT2D eigenvalue weighted by Gasteiger charge is 2.29. The fraction of sp³-hybridized carbons (Fsp3) is 0.611. The Balaban J connectivity index is 1.93. The van der Waals surface area contributed by atoms with Crippen LogP contribution in [0.15, 0.2) is 24.3 Å². The van der Waals surface area contributed by atoms with Crippen molar-refractivity contribution in [1.29, 1.82) is 0 Å². The van der Waals surface area contributed by atoms with Crippen LogP contribution in [0.5, 0.6) is 5.75 Å². The lowest BCUT2D eigenvalue weighted by Gasteiger charge is -2.38. The molecule has 1 heterocycles. The van der Waals surface area contributed by atoms with Gasteiger partial charge in [-0.1, -0.05) is 20.8 Å². The molecule has 1 aromatic rings. The molecule has 0 spiro atoms. The number of piperazine rings is 1. The van der Waals surface area contributed by atoms with Crippen LogP contribution in [0.2, 0.25) is 0 Å². The van der Waals surface area contributed by atoms with E-state index in [-0.39, 0.29) is 17.4 Å². The smallest absolute Gasteiger partial charge is 0.228 e. The molecule has 0 aromatic heterocycles. The van der Waals surface area contributed by atoms with Crippen LogP contribution in [0.1, 0.15) is 34.6 Å². The monoisotopic (exact) mass is 304 g/mol. The summed E-state index contributed by atoms with van der Waals surface area (Å²) in [6.07, 6.45) is 0.192. The largest absolute Gasteiger partial charge is 0.491 e. The molecule has 4 heteroatoms. The molecule has 0 N–H and O–H groups in total. The van der Waals surface area contributed by atoms with Crippen LogP contribution in [-0.4, -0.2) is 43.1 Å². The van der Waals surface area contributed by atoms with Gasteiger partial charge in [-0.2, -0.15) is 0 Å². The molecule has 1 aromatic carbocycles. The van der Waals surface area contributed by atoms with Crippen LogP contribution >= 0.6 is 0 Å². The quantitative estimate of drug-likeness (QED) is 0.860. The number of hydrogen-bond acceptors (Lipinski definition) is 3. The van der Waals surface area contributed by atoms with Gasteiger partial charge in [-0.25, -0.2) is 0 Å². The van der Waals surface area contributed by atoms with E-state index >= 15 is 0 Å². The van der Waals surface area contributed by atoms with Gasteiger partial charge in [0.25, 0.3) is 0 Å². The Morgan fingerprint density at radius 1 is 1.05 bits per heavy atom. The molecular weight excluding hydrogens is 276 g/mol. The molecule has 1 aliphatic heterocycles. The Bertz CT molecular complexity index is 495. The Morgan fingerprint density at radius 2 is 1.59 bits per heavy atom. The normalized spacial score (nSPS) is 16.1. The lowest BCUT2D eigenvalue weighted by atomic mass is 9.94. The third-order valence-corrected chi connectivity index (χ3v) is 3.78. The molecule has 1 aliphatic rings. The first-order chi connectivity index (χ1) is 10.3. The van der Waals surface area contributed by atoms with Gasteiger partial charge in [0.2, 0.25) is 5.91 Å². The van der Waals surface area contributed by atoms with Gasteiger partial charge in [0.15, 0.2) is 0 Å². The molecular formula is C18H28N2O2.